The quantitative estimate of drug-likeness (QED) is 0.637. The highest BCUT2D eigenvalue weighted by Crippen LogP contribution is 2.27. The van der Waals surface area contributed by atoms with E-state index >= 15 is 0 Å². The number of amides is 1. The van der Waals surface area contributed by atoms with Crippen LogP contribution in [0.4, 0.5) is 5.69 Å². The molecular formula is C25H28N4O4S. The van der Waals surface area contributed by atoms with E-state index < -0.39 is 5.54 Å². The summed E-state index contributed by atoms with van der Waals surface area (Å²) in [6, 6.07) is 9.54. The third kappa shape index (κ3) is 5.20. The first-order valence-electron chi connectivity index (χ1n) is 11.3. The van der Waals surface area contributed by atoms with Crippen molar-refractivity contribution in [1.29, 1.82) is 5.26 Å². The number of anilines is 1. The van der Waals surface area contributed by atoms with E-state index in [0.717, 1.165) is 21.7 Å². The first kappa shape index (κ1) is 24.1. The summed E-state index contributed by atoms with van der Waals surface area (Å²) in [5.74, 6) is 0.380. The molecule has 2 fully saturated rings. The molecule has 1 aromatic heterocycles. The van der Waals surface area contributed by atoms with Gasteiger partial charge in [-0.15, -0.1) is 11.3 Å². The summed E-state index contributed by atoms with van der Waals surface area (Å²) < 4.78 is 11.1. The van der Waals surface area contributed by atoms with Gasteiger partial charge in [-0.3, -0.25) is 9.59 Å². The molecule has 1 amide bonds. The van der Waals surface area contributed by atoms with Gasteiger partial charge in [0.1, 0.15) is 11.4 Å². The fourth-order valence-electron chi connectivity index (χ4n) is 4.39. The van der Waals surface area contributed by atoms with Crippen LogP contribution in [-0.2, 0) is 20.7 Å². The highest BCUT2D eigenvalue weighted by Gasteiger charge is 2.43. The summed E-state index contributed by atoms with van der Waals surface area (Å²) in [6.07, 6.45) is 3.11. The Balaban J connectivity index is 1.51. The Morgan fingerprint density at radius 1 is 1.21 bits per heavy atom. The van der Waals surface area contributed by atoms with E-state index in [4.69, 9.17) is 14.7 Å². The minimum atomic E-state index is -1.02. The van der Waals surface area contributed by atoms with Crippen LogP contribution < -0.4 is 10.2 Å². The molecule has 178 valence electrons. The molecule has 34 heavy (non-hydrogen) atoms. The molecule has 0 unspecified atom stereocenters. The first-order chi connectivity index (χ1) is 16.4. The van der Waals surface area contributed by atoms with Crippen LogP contribution in [0, 0.1) is 25.3 Å². The number of rotatable bonds is 6. The van der Waals surface area contributed by atoms with Gasteiger partial charge >= 0.3 is 0 Å². The topological polar surface area (TPSA) is 104 Å². The van der Waals surface area contributed by atoms with Gasteiger partial charge in [-0.25, -0.2) is 0 Å². The maximum Gasteiger partial charge on any atom is 0.262 e. The summed E-state index contributed by atoms with van der Waals surface area (Å²) >= 11 is 1.41. The van der Waals surface area contributed by atoms with Crippen molar-refractivity contribution in [2.45, 2.75) is 38.6 Å². The number of Topliss-reactive ketones (excluding diaryl/α,β-unsaturated/α-hetero) is 1. The van der Waals surface area contributed by atoms with Crippen LogP contribution in [0.15, 0.2) is 35.3 Å². The highest BCUT2D eigenvalue weighted by molar-refractivity contribution is 7.13. The van der Waals surface area contributed by atoms with Gasteiger partial charge in [-0.1, -0.05) is 12.1 Å². The van der Waals surface area contributed by atoms with Crippen LogP contribution in [-0.4, -0.2) is 56.0 Å². The number of amidine groups is 1. The average molecular weight is 481 g/mol. The number of carbonyl (C=O) groups is 2. The van der Waals surface area contributed by atoms with E-state index in [1.807, 2.05) is 49.2 Å². The molecule has 0 saturated carbocycles. The summed E-state index contributed by atoms with van der Waals surface area (Å²) in [6.45, 7) is 6.23. The van der Waals surface area contributed by atoms with Crippen molar-refractivity contribution in [3.05, 3.63) is 51.2 Å². The Hall–Kier alpha value is -3.06. The Bertz CT molecular complexity index is 1140. The van der Waals surface area contributed by atoms with Gasteiger partial charge in [0, 0.05) is 43.0 Å². The molecule has 1 atom stereocenters. The minimum absolute atomic E-state index is 0.0614. The van der Waals surface area contributed by atoms with Gasteiger partial charge < -0.3 is 19.7 Å². The number of carbonyl (C=O) groups excluding carboxylic acids is 2. The second-order valence-corrected chi connectivity index (χ2v) is 9.90. The van der Waals surface area contributed by atoms with Crippen LogP contribution in [0.2, 0.25) is 0 Å². The minimum Gasteiger partial charge on any atom is -0.379 e. The molecule has 2 aliphatic heterocycles. The van der Waals surface area contributed by atoms with E-state index in [0.29, 0.717) is 49.9 Å². The van der Waals surface area contributed by atoms with Gasteiger partial charge in [-0.2, -0.15) is 10.3 Å². The number of hydrogen-bond donors (Lipinski definition) is 1. The van der Waals surface area contributed by atoms with Crippen molar-refractivity contribution in [1.82, 2.24) is 5.32 Å². The van der Waals surface area contributed by atoms with Gasteiger partial charge in [0.2, 0.25) is 6.19 Å². The second kappa shape index (κ2) is 10.5. The molecule has 2 aromatic rings. The summed E-state index contributed by atoms with van der Waals surface area (Å²) in [5.41, 5.74) is 1.77. The van der Waals surface area contributed by atoms with Crippen molar-refractivity contribution in [2.75, 3.05) is 37.9 Å². The standard InChI is InChI=1S/C25H28N4O4S/c1-17-13-19(4-5-20(17)29-9-12-32-10-7-23(29)27-16-26)14-22(30)25(8-11-33-15-25)28-24(31)21-6-3-18(2)34-21/h3-6,13H,7-12,14-15H2,1-2H3,(H,28,31)/t25-/m0/s1. The number of hydrogen-bond acceptors (Lipinski definition) is 7. The summed E-state index contributed by atoms with van der Waals surface area (Å²) in [5, 5.41) is 12.0. The number of benzene rings is 1. The summed E-state index contributed by atoms with van der Waals surface area (Å²) in [4.78, 5) is 33.9. The molecule has 2 aliphatic rings. The van der Waals surface area contributed by atoms with Crippen molar-refractivity contribution in [3.63, 3.8) is 0 Å². The van der Waals surface area contributed by atoms with Crippen molar-refractivity contribution in [2.24, 2.45) is 4.99 Å². The Morgan fingerprint density at radius 3 is 2.74 bits per heavy atom. The maximum atomic E-state index is 13.4. The largest absolute Gasteiger partial charge is 0.379 e. The normalized spacial score (nSPS) is 21.8. The molecule has 9 heteroatoms. The van der Waals surface area contributed by atoms with E-state index in [-0.39, 0.29) is 24.7 Å². The molecule has 8 nitrogen and oxygen atoms in total. The third-order valence-corrected chi connectivity index (χ3v) is 7.21. The first-order valence-corrected chi connectivity index (χ1v) is 12.1. The number of thiophene rings is 1. The number of aliphatic imine (C=N–C) groups is 1. The van der Waals surface area contributed by atoms with Crippen LogP contribution in [0.25, 0.3) is 0 Å². The fraction of sp³-hybridized carbons (Fsp3) is 0.440. The smallest absolute Gasteiger partial charge is 0.262 e. The molecule has 3 heterocycles. The number of ether oxygens (including phenoxy) is 2. The Labute approximate surface area is 203 Å². The molecule has 1 aromatic carbocycles. The molecular weight excluding hydrogens is 452 g/mol. The third-order valence-electron chi connectivity index (χ3n) is 6.21. The number of nitriles is 1. The maximum absolute atomic E-state index is 13.4. The number of aryl methyl sites for hydroxylation is 2. The number of nitrogens with one attached hydrogen (secondary N) is 1. The predicted molar refractivity (Wildman–Crippen MR) is 130 cm³/mol. The SMILES string of the molecule is Cc1ccc(C(=O)N[C@@]2(C(=O)Cc3ccc(N4CCOCCC4=NC#N)c(C)c3)CCOC2)s1. The zero-order valence-electron chi connectivity index (χ0n) is 19.4. The monoisotopic (exact) mass is 480 g/mol. The lowest BCUT2D eigenvalue weighted by Gasteiger charge is -2.28. The lowest BCUT2D eigenvalue weighted by atomic mass is 9.88. The van der Waals surface area contributed by atoms with Crippen molar-refractivity contribution < 1.29 is 19.1 Å². The Morgan fingerprint density at radius 2 is 2.06 bits per heavy atom. The zero-order valence-corrected chi connectivity index (χ0v) is 20.2. The highest BCUT2D eigenvalue weighted by atomic mass is 32.1. The van der Waals surface area contributed by atoms with Crippen LogP contribution >= 0.6 is 11.3 Å². The fourth-order valence-corrected chi connectivity index (χ4v) is 5.16. The van der Waals surface area contributed by atoms with Gasteiger partial charge in [0.05, 0.1) is 24.7 Å². The lowest BCUT2D eigenvalue weighted by Crippen LogP contribution is -2.55. The van der Waals surface area contributed by atoms with E-state index in [1.54, 1.807) is 6.07 Å². The summed E-state index contributed by atoms with van der Waals surface area (Å²) in [7, 11) is 0. The van der Waals surface area contributed by atoms with Gasteiger partial charge in [0.15, 0.2) is 5.78 Å². The molecule has 0 spiro atoms. The average Bonchev–Trinajstić information content (AvgIpc) is 3.40. The number of nitrogens with zero attached hydrogens (tertiary/aromatic N) is 3. The van der Waals surface area contributed by atoms with Gasteiger partial charge in [0.25, 0.3) is 5.91 Å². The van der Waals surface area contributed by atoms with Crippen molar-refractivity contribution in [3.8, 4) is 6.19 Å². The molecule has 0 radical (unpaired) electrons. The van der Waals surface area contributed by atoms with Gasteiger partial charge in [-0.05, 0) is 43.2 Å². The van der Waals surface area contributed by atoms with Crippen LogP contribution in [0.3, 0.4) is 0 Å². The molecule has 0 aliphatic carbocycles. The van der Waals surface area contributed by atoms with Crippen LogP contribution in [0.1, 0.15) is 38.5 Å². The zero-order chi connectivity index (χ0) is 24.1. The molecule has 0 bridgehead atoms. The second-order valence-electron chi connectivity index (χ2n) is 8.61. The number of ketones is 1. The van der Waals surface area contributed by atoms with E-state index in [2.05, 4.69) is 10.3 Å². The Kier molecular flexibility index (Phi) is 7.41. The van der Waals surface area contributed by atoms with Crippen LogP contribution in [0.5, 0.6) is 0 Å². The predicted octanol–water partition coefficient (Wildman–Crippen LogP) is 3.17. The molecule has 4 rings (SSSR count). The molecule has 2 saturated heterocycles. The van der Waals surface area contributed by atoms with Crippen molar-refractivity contribution >= 4 is 34.6 Å². The van der Waals surface area contributed by atoms with E-state index in [1.165, 1.54) is 11.3 Å². The van der Waals surface area contributed by atoms with E-state index in [9.17, 15) is 9.59 Å². The lowest BCUT2D eigenvalue weighted by molar-refractivity contribution is -0.124. The molecule has 1 N–H and O–H groups in total.